The maximum absolute atomic E-state index is 12.7. The van der Waals surface area contributed by atoms with E-state index in [1.807, 2.05) is 6.07 Å². The average Bonchev–Trinajstić information content (AvgIpc) is 2.74. The number of carbonyl (C=O) groups is 1. The van der Waals surface area contributed by atoms with E-state index in [0.29, 0.717) is 6.42 Å². The Balaban J connectivity index is 1.63. The quantitative estimate of drug-likeness (QED) is 0.603. The van der Waals surface area contributed by atoms with Gasteiger partial charge in [-0.15, -0.1) is 0 Å². The minimum Gasteiger partial charge on any atom is -0.346 e. The molecular weight excluding hydrogens is 344 g/mol. The molecule has 1 aliphatic rings. The van der Waals surface area contributed by atoms with Crippen molar-refractivity contribution in [3.63, 3.8) is 0 Å². The number of likely N-dealkylation sites (tertiary alicyclic amines) is 1. The number of carbonyl (C=O) groups excluding carboxylic acids is 1. The van der Waals surface area contributed by atoms with Crippen LogP contribution < -0.4 is 5.32 Å². The fourth-order valence-corrected chi connectivity index (χ4v) is 4.22. The molecule has 1 N–H and O–H groups in total. The standard InChI is InChI=1S/C25H34N2O/c1-2-3-4-11-16-24(28)26-25(23-14-9-6-10-15-23)17-19-27(20-18-25)21-22-12-7-5-8-13-22/h5-10,12-15H,2-4,11,16-21H2,1H3,(H,26,28). The van der Waals surface area contributed by atoms with Gasteiger partial charge in [-0.2, -0.15) is 0 Å². The Hall–Kier alpha value is -2.13. The molecule has 1 heterocycles. The van der Waals surface area contributed by atoms with Crippen molar-refractivity contribution in [3.8, 4) is 0 Å². The zero-order valence-corrected chi connectivity index (χ0v) is 17.2. The first kappa shape index (κ1) is 20.6. The third-order valence-electron chi connectivity index (χ3n) is 5.92. The second kappa shape index (κ2) is 10.4. The molecule has 0 radical (unpaired) electrons. The van der Waals surface area contributed by atoms with Gasteiger partial charge < -0.3 is 5.32 Å². The zero-order valence-electron chi connectivity index (χ0n) is 17.2. The minimum absolute atomic E-state index is 0.205. The van der Waals surface area contributed by atoms with Gasteiger partial charge in [-0.05, 0) is 30.4 Å². The first-order chi connectivity index (χ1) is 13.7. The summed E-state index contributed by atoms with van der Waals surface area (Å²) in [4.78, 5) is 15.2. The highest BCUT2D eigenvalue weighted by Crippen LogP contribution is 2.33. The van der Waals surface area contributed by atoms with Gasteiger partial charge in [0.1, 0.15) is 0 Å². The highest BCUT2D eigenvalue weighted by atomic mass is 16.1. The Morgan fingerprint density at radius 2 is 1.57 bits per heavy atom. The lowest BCUT2D eigenvalue weighted by Crippen LogP contribution is -2.52. The zero-order chi connectivity index (χ0) is 19.7. The lowest BCUT2D eigenvalue weighted by molar-refractivity contribution is -0.124. The van der Waals surface area contributed by atoms with Gasteiger partial charge in [-0.3, -0.25) is 9.69 Å². The first-order valence-corrected chi connectivity index (χ1v) is 10.8. The van der Waals surface area contributed by atoms with Crippen LogP contribution in [0.2, 0.25) is 0 Å². The lowest BCUT2D eigenvalue weighted by atomic mass is 9.80. The van der Waals surface area contributed by atoms with Crippen LogP contribution in [0.15, 0.2) is 60.7 Å². The predicted octanol–water partition coefficient (Wildman–Crippen LogP) is 5.26. The summed E-state index contributed by atoms with van der Waals surface area (Å²) in [5, 5.41) is 3.44. The summed E-state index contributed by atoms with van der Waals surface area (Å²) in [6, 6.07) is 21.2. The molecule has 1 aliphatic heterocycles. The summed E-state index contributed by atoms with van der Waals surface area (Å²) >= 11 is 0. The van der Waals surface area contributed by atoms with Crippen LogP contribution in [0.25, 0.3) is 0 Å². The van der Waals surface area contributed by atoms with Gasteiger partial charge in [-0.1, -0.05) is 86.8 Å². The van der Waals surface area contributed by atoms with Crippen molar-refractivity contribution in [2.24, 2.45) is 0 Å². The molecule has 3 heteroatoms. The number of rotatable bonds is 9. The summed E-state index contributed by atoms with van der Waals surface area (Å²) in [7, 11) is 0. The molecule has 1 fully saturated rings. The van der Waals surface area contributed by atoms with Gasteiger partial charge in [0.05, 0.1) is 5.54 Å². The molecule has 28 heavy (non-hydrogen) atoms. The molecule has 0 unspecified atom stereocenters. The summed E-state index contributed by atoms with van der Waals surface area (Å²) in [5.74, 6) is 0.205. The van der Waals surface area contributed by atoms with E-state index in [1.54, 1.807) is 0 Å². The number of nitrogens with zero attached hydrogens (tertiary/aromatic N) is 1. The van der Waals surface area contributed by atoms with Crippen molar-refractivity contribution in [2.45, 2.75) is 64.0 Å². The SMILES string of the molecule is CCCCCCC(=O)NC1(c2ccccc2)CCN(Cc2ccccc2)CC1. The number of unbranched alkanes of at least 4 members (excludes halogenated alkanes) is 3. The molecular formula is C25H34N2O. The van der Waals surface area contributed by atoms with Crippen LogP contribution in [0.5, 0.6) is 0 Å². The van der Waals surface area contributed by atoms with Crippen LogP contribution in [0.1, 0.15) is 63.0 Å². The lowest BCUT2D eigenvalue weighted by Gasteiger charge is -2.43. The van der Waals surface area contributed by atoms with E-state index in [2.05, 4.69) is 71.7 Å². The summed E-state index contributed by atoms with van der Waals surface area (Å²) in [6.07, 6.45) is 7.12. The largest absolute Gasteiger partial charge is 0.346 e. The Kier molecular flexibility index (Phi) is 7.67. The highest BCUT2D eigenvalue weighted by Gasteiger charge is 2.37. The number of hydrogen-bond acceptors (Lipinski definition) is 2. The topological polar surface area (TPSA) is 32.3 Å². The molecule has 2 aromatic carbocycles. The van der Waals surface area contributed by atoms with E-state index in [1.165, 1.54) is 24.0 Å². The molecule has 1 amide bonds. The van der Waals surface area contributed by atoms with E-state index in [-0.39, 0.29) is 11.4 Å². The van der Waals surface area contributed by atoms with Crippen molar-refractivity contribution in [2.75, 3.05) is 13.1 Å². The molecule has 0 saturated carbocycles. The normalized spacial score (nSPS) is 16.6. The van der Waals surface area contributed by atoms with Crippen LogP contribution in [0.3, 0.4) is 0 Å². The fourth-order valence-electron chi connectivity index (χ4n) is 4.22. The van der Waals surface area contributed by atoms with Gasteiger partial charge in [0.2, 0.25) is 5.91 Å². The van der Waals surface area contributed by atoms with E-state index in [0.717, 1.165) is 45.3 Å². The number of benzene rings is 2. The molecule has 0 aliphatic carbocycles. The van der Waals surface area contributed by atoms with Crippen molar-refractivity contribution < 1.29 is 4.79 Å². The third-order valence-corrected chi connectivity index (χ3v) is 5.92. The molecule has 2 aromatic rings. The van der Waals surface area contributed by atoms with Crippen molar-refractivity contribution in [3.05, 3.63) is 71.8 Å². The minimum atomic E-state index is -0.226. The number of hydrogen-bond donors (Lipinski definition) is 1. The number of amides is 1. The van der Waals surface area contributed by atoms with Gasteiger partial charge in [-0.25, -0.2) is 0 Å². The van der Waals surface area contributed by atoms with Crippen molar-refractivity contribution >= 4 is 5.91 Å². The van der Waals surface area contributed by atoms with E-state index in [4.69, 9.17) is 0 Å². The molecule has 0 bridgehead atoms. The number of nitrogens with one attached hydrogen (secondary N) is 1. The Morgan fingerprint density at radius 1 is 0.929 bits per heavy atom. The van der Waals surface area contributed by atoms with Gasteiger partial charge in [0.25, 0.3) is 0 Å². The van der Waals surface area contributed by atoms with Crippen LogP contribution in [-0.2, 0) is 16.9 Å². The van der Waals surface area contributed by atoms with Crippen LogP contribution >= 0.6 is 0 Å². The van der Waals surface area contributed by atoms with E-state index >= 15 is 0 Å². The second-order valence-electron chi connectivity index (χ2n) is 8.07. The average molecular weight is 379 g/mol. The monoisotopic (exact) mass is 378 g/mol. The predicted molar refractivity (Wildman–Crippen MR) is 116 cm³/mol. The molecule has 3 nitrogen and oxygen atoms in total. The van der Waals surface area contributed by atoms with Gasteiger partial charge in [0.15, 0.2) is 0 Å². The molecule has 0 atom stereocenters. The summed E-state index contributed by atoms with van der Waals surface area (Å²) < 4.78 is 0. The van der Waals surface area contributed by atoms with Crippen LogP contribution in [0, 0.1) is 0 Å². The van der Waals surface area contributed by atoms with Crippen molar-refractivity contribution in [1.29, 1.82) is 0 Å². The first-order valence-electron chi connectivity index (χ1n) is 10.8. The summed E-state index contributed by atoms with van der Waals surface area (Å²) in [6.45, 7) is 5.18. The fraction of sp³-hybridized carbons (Fsp3) is 0.480. The molecule has 1 saturated heterocycles. The Bertz CT molecular complexity index is 706. The smallest absolute Gasteiger partial charge is 0.220 e. The van der Waals surface area contributed by atoms with Gasteiger partial charge >= 0.3 is 0 Å². The Labute approximate surface area is 170 Å². The Morgan fingerprint density at radius 3 is 2.21 bits per heavy atom. The van der Waals surface area contributed by atoms with Gasteiger partial charge in [0, 0.05) is 26.1 Å². The van der Waals surface area contributed by atoms with Crippen LogP contribution in [0.4, 0.5) is 0 Å². The number of piperidine rings is 1. The molecule has 0 aromatic heterocycles. The second-order valence-corrected chi connectivity index (χ2v) is 8.07. The van der Waals surface area contributed by atoms with Crippen LogP contribution in [-0.4, -0.2) is 23.9 Å². The third kappa shape index (κ3) is 5.68. The maximum atomic E-state index is 12.7. The van der Waals surface area contributed by atoms with E-state index in [9.17, 15) is 4.79 Å². The summed E-state index contributed by atoms with van der Waals surface area (Å²) in [5.41, 5.74) is 2.38. The van der Waals surface area contributed by atoms with E-state index < -0.39 is 0 Å². The maximum Gasteiger partial charge on any atom is 0.220 e. The van der Waals surface area contributed by atoms with Crippen molar-refractivity contribution in [1.82, 2.24) is 10.2 Å². The molecule has 0 spiro atoms. The molecule has 150 valence electrons. The highest BCUT2D eigenvalue weighted by molar-refractivity contribution is 5.77. The molecule has 3 rings (SSSR count).